The van der Waals surface area contributed by atoms with Crippen molar-refractivity contribution in [1.29, 1.82) is 0 Å². The lowest BCUT2D eigenvalue weighted by Crippen LogP contribution is -2.12. The number of esters is 1. The van der Waals surface area contributed by atoms with Crippen molar-refractivity contribution in [1.82, 2.24) is 4.57 Å². The van der Waals surface area contributed by atoms with E-state index in [4.69, 9.17) is 9.47 Å². The number of ether oxygens (including phenoxy) is 2. The molecule has 3 aromatic carbocycles. The van der Waals surface area contributed by atoms with Crippen LogP contribution in [0, 0.1) is 0 Å². The fraction of sp³-hybridized carbons (Fsp3) is 0.276. The molecule has 4 rings (SSSR count). The first-order valence-electron chi connectivity index (χ1n) is 11.3. The van der Waals surface area contributed by atoms with Gasteiger partial charge in [0.1, 0.15) is 12.4 Å². The lowest BCUT2D eigenvalue weighted by Gasteiger charge is -2.19. The maximum Gasteiger partial charge on any atom is 0.311 e. The molecule has 0 spiro atoms. The second kappa shape index (κ2) is 9.53. The number of rotatable bonds is 7. The third-order valence-corrected chi connectivity index (χ3v) is 5.92. The summed E-state index contributed by atoms with van der Waals surface area (Å²) in [5.41, 5.74) is 5.73. The van der Waals surface area contributed by atoms with E-state index in [0.29, 0.717) is 13.2 Å². The van der Waals surface area contributed by atoms with Gasteiger partial charge in [-0.05, 0) is 46.4 Å². The van der Waals surface area contributed by atoms with E-state index in [0.717, 1.165) is 27.9 Å². The Bertz CT molecular complexity index is 1230. The minimum Gasteiger partial charge on any atom is -0.489 e. The number of aromatic nitrogens is 1. The maximum absolute atomic E-state index is 12.1. The molecular formula is C29H31NO3. The molecule has 0 N–H and O–H groups in total. The van der Waals surface area contributed by atoms with E-state index >= 15 is 0 Å². The zero-order valence-corrected chi connectivity index (χ0v) is 19.8. The average molecular weight is 442 g/mol. The highest BCUT2D eigenvalue weighted by atomic mass is 16.5. The smallest absolute Gasteiger partial charge is 0.311 e. The van der Waals surface area contributed by atoms with Gasteiger partial charge in [0, 0.05) is 23.1 Å². The molecule has 0 unspecified atom stereocenters. The first-order chi connectivity index (χ1) is 15.8. The molecule has 0 fully saturated rings. The quantitative estimate of drug-likeness (QED) is 0.317. The molecule has 4 heteroatoms. The largest absolute Gasteiger partial charge is 0.489 e. The molecule has 1 aromatic heterocycles. The molecule has 4 aromatic rings. The summed E-state index contributed by atoms with van der Waals surface area (Å²) in [6.07, 6.45) is 0.228. The van der Waals surface area contributed by atoms with Crippen LogP contribution in [0.3, 0.4) is 0 Å². The predicted molar refractivity (Wildman–Crippen MR) is 133 cm³/mol. The highest BCUT2D eigenvalue weighted by molar-refractivity contribution is 5.85. The number of fused-ring (bicyclic) bond motifs is 1. The third-order valence-electron chi connectivity index (χ3n) is 5.92. The Morgan fingerprint density at radius 2 is 1.61 bits per heavy atom. The van der Waals surface area contributed by atoms with Crippen molar-refractivity contribution in [3.63, 3.8) is 0 Å². The molecule has 0 aliphatic heterocycles. The summed E-state index contributed by atoms with van der Waals surface area (Å²) in [5, 5.41) is 1.05. The van der Waals surface area contributed by atoms with Crippen LogP contribution in [0.25, 0.3) is 10.9 Å². The second-order valence-corrected chi connectivity index (χ2v) is 9.42. The first-order valence-corrected chi connectivity index (χ1v) is 11.3. The van der Waals surface area contributed by atoms with Gasteiger partial charge in [-0.2, -0.15) is 0 Å². The first kappa shape index (κ1) is 22.7. The zero-order chi connectivity index (χ0) is 23.4. The lowest BCUT2D eigenvalue weighted by molar-refractivity contribution is -0.139. The van der Waals surface area contributed by atoms with Crippen molar-refractivity contribution < 1.29 is 14.3 Å². The number of benzene rings is 3. The molecule has 1 heterocycles. The fourth-order valence-electron chi connectivity index (χ4n) is 3.98. The number of nitrogens with zero attached hydrogens (tertiary/aromatic N) is 1. The van der Waals surface area contributed by atoms with Crippen LogP contribution in [-0.2, 0) is 34.5 Å². The van der Waals surface area contributed by atoms with Gasteiger partial charge >= 0.3 is 5.97 Å². The fourth-order valence-corrected chi connectivity index (χ4v) is 3.98. The summed E-state index contributed by atoms with van der Waals surface area (Å²) in [6.45, 7) is 7.85. The summed E-state index contributed by atoms with van der Waals surface area (Å²) in [6, 6.07) is 27.0. The van der Waals surface area contributed by atoms with Gasteiger partial charge in [0.05, 0.1) is 13.5 Å². The summed E-state index contributed by atoms with van der Waals surface area (Å²) in [5.74, 6) is 0.560. The van der Waals surface area contributed by atoms with Crippen LogP contribution in [0.5, 0.6) is 5.75 Å². The van der Waals surface area contributed by atoms with Crippen molar-refractivity contribution in [2.45, 2.75) is 45.8 Å². The minimum atomic E-state index is -0.248. The molecular weight excluding hydrogens is 410 g/mol. The van der Waals surface area contributed by atoms with Gasteiger partial charge in [-0.3, -0.25) is 4.79 Å². The highest BCUT2D eigenvalue weighted by Crippen LogP contribution is 2.28. The normalized spacial score (nSPS) is 11.5. The van der Waals surface area contributed by atoms with Gasteiger partial charge in [-0.25, -0.2) is 0 Å². The predicted octanol–water partition coefficient (Wildman–Crippen LogP) is 6.28. The zero-order valence-electron chi connectivity index (χ0n) is 19.8. The second-order valence-electron chi connectivity index (χ2n) is 9.42. The van der Waals surface area contributed by atoms with Crippen LogP contribution in [0.15, 0.2) is 78.9 Å². The monoisotopic (exact) mass is 441 g/mol. The van der Waals surface area contributed by atoms with E-state index in [1.165, 1.54) is 18.2 Å². The van der Waals surface area contributed by atoms with Crippen molar-refractivity contribution in [2.24, 2.45) is 0 Å². The van der Waals surface area contributed by atoms with Crippen LogP contribution < -0.4 is 4.74 Å². The molecule has 0 saturated carbocycles. The number of carbonyl (C=O) groups excluding carboxylic acids is 1. The van der Waals surface area contributed by atoms with Crippen LogP contribution >= 0.6 is 0 Å². The number of hydrogen-bond acceptors (Lipinski definition) is 3. The lowest BCUT2D eigenvalue weighted by atomic mass is 9.87. The van der Waals surface area contributed by atoms with Crippen LogP contribution in [0.4, 0.5) is 0 Å². The van der Waals surface area contributed by atoms with E-state index in [1.54, 1.807) is 0 Å². The van der Waals surface area contributed by atoms with Gasteiger partial charge in [0.2, 0.25) is 0 Å². The third kappa shape index (κ3) is 5.46. The van der Waals surface area contributed by atoms with Crippen molar-refractivity contribution >= 4 is 16.9 Å². The van der Waals surface area contributed by atoms with Crippen LogP contribution in [-0.4, -0.2) is 17.6 Å². The molecule has 0 bridgehead atoms. The van der Waals surface area contributed by atoms with Gasteiger partial charge in [-0.15, -0.1) is 0 Å². The van der Waals surface area contributed by atoms with E-state index in [1.807, 2.05) is 30.3 Å². The number of hydrogen-bond donors (Lipinski definition) is 0. The molecule has 0 atom stereocenters. The summed E-state index contributed by atoms with van der Waals surface area (Å²) >= 11 is 0. The van der Waals surface area contributed by atoms with Gasteiger partial charge in [-0.1, -0.05) is 75.4 Å². The van der Waals surface area contributed by atoms with Crippen molar-refractivity contribution in [3.05, 3.63) is 101 Å². The maximum atomic E-state index is 12.1. The Morgan fingerprint density at radius 1 is 0.879 bits per heavy atom. The Kier molecular flexibility index (Phi) is 6.55. The van der Waals surface area contributed by atoms with Crippen LogP contribution in [0.1, 0.15) is 43.2 Å². The van der Waals surface area contributed by atoms with Gasteiger partial charge in [0.25, 0.3) is 0 Å². The Morgan fingerprint density at radius 3 is 2.27 bits per heavy atom. The van der Waals surface area contributed by atoms with Crippen molar-refractivity contribution in [3.8, 4) is 5.75 Å². The molecule has 0 aliphatic rings. The molecule has 0 amide bonds. The SMILES string of the molecule is COC(=O)Cc1cc2cc(OCc3ccccc3)ccc2n1Cc1ccc(C(C)(C)C)cc1. The molecule has 0 radical (unpaired) electrons. The van der Waals surface area contributed by atoms with E-state index < -0.39 is 0 Å². The highest BCUT2D eigenvalue weighted by Gasteiger charge is 2.16. The molecule has 170 valence electrons. The summed E-state index contributed by atoms with van der Waals surface area (Å²) < 4.78 is 13.2. The van der Waals surface area contributed by atoms with E-state index in [2.05, 4.69) is 73.9 Å². The summed E-state index contributed by atoms with van der Waals surface area (Å²) in [7, 11) is 1.43. The summed E-state index contributed by atoms with van der Waals surface area (Å²) in [4.78, 5) is 12.1. The standard InChI is InChI=1S/C29H31NO3/c1-29(2,3)24-12-10-21(11-13-24)19-30-25(18-28(31)32-4)16-23-17-26(14-15-27(23)30)33-20-22-8-6-5-7-9-22/h5-17H,18-20H2,1-4H3. The minimum absolute atomic E-state index is 0.116. The Labute approximate surface area is 195 Å². The molecule has 33 heavy (non-hydrogen) atoms. The van der Waals surface area contributed by atoms with Crippen LogP contribution in [0.2, 0.25) is 0 Å². The van der Waals surface area contributed by atoms with Gasteiger partial charge < -0.3 is 14.0 Å². The topological polar surface area (TPSA) is 40.5 Å². The average Bonchev–Trinajstić information content (AvgIpc) is 3.14. The number of methoxy groups -OCH3 is 1. The van der Waals surface area contributed by atoms with E-state index in [9.17, 15) is 4.79 Å². The van der Waals surface area contributed by atoms with E-state index in [-0.39, 0.29) is 17.8 Å². The number of carbonyl (C=O) groups is 1. The molecule has 0 saturated heterocycles. The Hall–Kier alpha value is -3.53. The van der Waals surface area contributed by atoms with Gasteiger partial charge in [0.15, 0.2) is 0 Å². The van der Waals surface area contributed by atoms with Crippen molar-refractivity contribution in [2.75, 3.05) is 7.11 Å². The molecule has 4 nitrogen and oxygen atoms in total. The molecule has 0 aliphatic carbocycles. The Balaban J connectivity index is 1.63.